The Hall–Kier alpha value is -1.02. The van der Waals surface area contributed by atoms with Gasteiger partial charge in [-0.3, -0.25) is 0 Å². The molecule has 1 aromatic rings. The van der Waals surface area contributed by atoms with Gasteiger partial charge in [-0.2, -0.15) is 13.2 Å². The van der Waals surface area contributed by atoms with E-state index in [1.54, 1.807) is 0 Å². The molecule has 0 unspecified atom stereocenters. The van der Waals surface area contributed by atoms with Crippen molar-refractivity contribution in [1.29, 1.82) is 0 Å². The second-order valence-electron chi connectivity index (χ2n) is 1.90. The summed E-state index contributed by atoms with van der Waals surface area (Å²) in [4.78, 5) is 7.03. The van der Waals surface area contributed by atoms with Crippen LogP contribution in [-0.2, 0) is 0 Å². The molecule has 0 amide bonds. The Labute approximate surface area is 75.7 Å². The van der Waals surface area contributed by atoms with Crippen LogP contribution in [-0.4, -0.2) is 15.5 Å². The van der Waals surface area contributed by atoms with Crippen LogP contribution in [0, 0.1) is 0 Å². The van der Waals surface area contributed by atoms with Crippen molar-refractivity contribution in [3.63, 3.8) is 0 Å². The van der Waals surface area contributed by atoms with Crippen molar-refractivity contribution in [2.75, 3.05) is 5.43 Å². The molecule has 0 saturated carbocycles. The molecule has 72 valence electrons. The first-order chi connectivity index (χ1) is 6.03. The average molecular weight is 210 g/mol. The van der Waals surface area contributed by atoms with Crippen LogP contribution in [0.2, 0.25) is 0 Å². The Bertz CT molecular complexity index is 289. The fraction of sp³-hybridized carbons (Fsp3) is 0.200. The summed E-state index contributed by atoms with van der Waals surface area (Å²) in [5.74, 6) is 4.84. The van der Waals surface area contributed by atoms with E-state index in [9.17, 15) is 13.2 Å². The molecule has 0 radical (unpaired) electrons. The highest BCUT2D eigenvalue weighted by Gasteiger charge is 2.31. The Kier molecular flexibility index (Phi) is 2.94. The Morgan fingerprint density at radius 3 is 2.46 bits per heavy atom. The first-order valence-corrected chi connectivity index (χ1v) is 3.88. The summed E-state index contributed by atoms with van der Waals surface area (Å²) in [5, 5.41) is -0.294. The smallest absolute Gasteiger partial charge is 0.306 e. The average Bonchev–Trinajstić information content (AvgIpc) is 2.02. The number of hydrazine groups is 1. The second kappa shape index (κ2) is 3.79. The number of halogens is 3. The highest BCUT2D eigenvalue weighted by atomic mass is 32.2. The maximum absolute atomic E-state index is 11.9. The Morgan fingerprint density at radius 1 is 1.31 bits per heavy atom. The van der Waals surface area contributed by atoms with Crippen molar-refractivity contribution in [2.24, 2.45) is 5.84 Å². The molecule has 0 spiro atoms. The molecule has 1 rings (SSSR count). The van der Waals surface area contributed by atoms with E-state index in [-0.39, 0.29) is 22.6 Å². The molecule has 1 heterocycles. The fourth-order valence-electron chi connectivity index (χ4n) is 0.609. The van der Waals surface area contributed by atoms with Crippen LogP contribution in [0.25, 0.3) is 0 Å². The third kappa shape index (κ3) is 3.07. The van der Waals surface area contributed by atoms with Gasteiger partial charge in [0.15, 0.2) is 5.82 Å². The summed E-state index contributed by atoms with van der Waals surface area (Å²) in [6.45, 7) is 0. The summed E-state index contributed by atoms with van der Waals surface area (Å²) in [6.07, 6.45) is 2.41. The van der Waals surface area contributed by atoms with E-state index in [0.717, 1.165) is 6.20 Å². The van der Waals surface area contributed by atoms with Gasteiger partial charge in [0.2, 0.25) is 0 Å². The lowest BCUT2D eigenvalue weighted by Crippen LogP contribution is -2.11. The zero-order valence-corrected chi connectivity index (χ0v) is 6.99. The molecule has 3 N–H and O–H groups in total. The molecule has 0 aliphatic heterocycles. The second-order valence-corrected chi connectivity index (χ2v) is 2.96. The SMILES string of the molecule is NNc1nccnc1SC(F)(F)F. The van der Waals surface area contributed by atoms with Crippen molar-refractivity contribution in [2.45, 2.75) is 10.5 Å². The van der Waals surface area contributed by atoms with E-state index in [4.69, 9.17) is 5.84 Å². The van der Waals surface area contributed by atoms with E-state index >= 15 is 0 Å². The van der Waals surface area contributed by atoms with Crippen molar-refractivity contribution in [3.8, 4) is 0 Å². The number of hydrogen-bond acceptors (Lipinski definition) is 5. The summed E-state index contributed by atoms with van der Waals surface area (Å²) >= 11 is -0.364. The topological polar surface area (TPSA) is 63.8 Å². The lowest BCUT2D eigenvalue weighted by Gasteiger charge is -2.07. The molecule has 0 atom stereocenters. The zero-order valence-electron chi connectivity index (χ0n) is 6.17. The van der Waals surface area contributed by atoms with E-state index in [2.05, 4.69) is 9.97 Å². The monoisotopic (exact) mass is 210 g/mol. The lowest BCUT2D eigenvalue weighted by atomic mass is 10.7. The normalized spacial score (nSPS) is 11.4. The maximum Gasteiger partial charge on any atom is 0.447 e. The van der Waals surface area contributed by atoms with Crippen LogP contribution in [0.4, 0.5) is 19.0 Å². The van der Waals surface area contributed by atoms with Crippen LogP contribution in [0.15, 0.2) is 17.4 Å². The number of nitrogens with one attached hydrogen (secondary N) is 1. The van der Waals surface area contributed by atoms with Gasteiger partial charge in [-0.05, 0) is 0 Å². The Morgan fingerprint density at radius 2 is 1.92 bits per heavy atom. The van der Waals surface area contributed by atoms with Crippen LogP contribution >= 0.6 is 11.8 Å². The van der Waals surface area contributed by atoms with Gasteiger partial charge < -0.3 is 5.43 Å². The molecular formula is C5H5F3N4S. The minimum Gasteiger partial charge on any atom is -0.306 e. The first kappa shape index (κ1) is 10.1. The molecular weight excluding hydrogens is 205 g/mol. The molecule has 8 heteroatoms. The summed E-state index contributed by atoms with van der Waals surface area (Å²) in [5.41, 5.74) is -2.36. The number of anilines is 1. The molecule has 0 aliphatic carbocycles. The number of aromatic nitrogens is 2. The lowest BCUT2D eigenvalue weighted by molar-refractivity contribution is -0.0329. The molecule has 4 nitrogen and oxygen atoms in total. The number of thioether (sulfide) groups is 1. The molecule has 0 aromatic carbocycles. The Balaban J connectivity index is 2.87. The van der Waals surface area contributed by atoms with Gasteiger partial charge in [0.05, 0.1) is 0 Å². The van der Waals surface area contributed by atoms with Crippen LogP contribution in [0.1, 0.15) is 0 Å². The third-order valence-electron chi connectivity index (χ3n) is 1.01. The fourth-order valence-corrected chi connectivity index (χ4v) is 1.15. The van der Waals surface area contributed by atoms with E-state index in [0.29, 0.717) is 0 Å². The largest absolute Gasteiger partial charge is 0.447 e. The predicted molar refractivity (Wildman–Crippen MR) is 41.8 cm³/mol. The van der Waals surface area contributed by atoms with Crippen molar-refractivity contribution in [1.82, 2.24) is 9.97 Å². The summed E-state index contributed by atoms with van der Waals surface area (Å²) in [6, 6.07) is 0. The maximum atomic E-state index is 11.9. The molecule has 0 bridgehead atoms. The van der Waals surface area contributed by atoms with Gasteiger partial charge in [0, 0.05) is 24.2 Å². The summed E-state index contributed by atoms with van der Waals surface area (Å²) < 4.78 is 35.7. The van der Waals surface area contributed by atoms with E-state index in [1.165, 1.54) is 6.20 Å². The number of nitrogens with zero attached hydrogens (tertiary/aromatic N) is 2. The molecule has 1 aromatic heterocycles. The predicted octanol–water partition coefficient (Wildman–Crippen LogP) is 1.37. The number of nitrogen functional groups attached to an aromatic ring is 1. The van der Waals surface area contributed by atoms with Gasteiger partial charge in [-0.25, -0.2) is 15.8 Å². The van der Waals surface area contributed by atoms with Crippen LogP contribution < -0.4 is 11.3 Å². The standard InChI is InChI=1S/C5H5F3N4S/c6-5(7,8)13-4-3(12-9)10-1-2-11-4/h1-2H,9H2,(H,10,12). The third-order valence-corrected chi connectivity index (χ3v) is 1.74. The van der Waals surface area contributed by atoms with Crippen LogP contribution in [0.5, 0.6) is 0 Å². The van der Waals surface area contributed by atoms with Gasteiger partial charge in [-0.1, -0.05) is 0 Å². The molecule has 0 aliphatic rings. The van der Waals surface area contributed by atoms with Crippen LogP contribution in [0.3, 0.4) is 0 Å². The van der Waals surface area contributed by atoms with Crippen molar-refractivity contribution in [3.05, 3.63) is 12.4 Å². The molecule has 0 fully saturated rings. The van der Waals surface area contributed by atoms with E-state index < -0.39 is 5.51 Å². The van der Waals surface area contributed by atoms with E-state index in [1.807, 2.05) is 5.43 Å². The van der Waals surface area contributed by atoms with Gasteiger partial charge in [0.1, 0.15) is 5.03 Å². The zero-order chi connectivity index (χ0) is 9.90. The summed E-state index contributed by atoms with van der Waals surface area (Å²) in [7, 11) is 0. The quantitative estimate of drug-likeness (QED) is 0.438. The minimum absolute atomic E-state index is 0.0928. The van der Waals surface area contributed by atoms with Gasteiger partial charge in [-0.15, -0.1) is 0 Å². The molecule has 13 heavy (non-hydrogen) atoms. The van der Waals surface area contributed by atoms with Gasteiger partial charge >= 0.3 is 5.51 Å². The minimum atomic E-state index is -4.39. The van der Waals surface area contributed by atoms with Crippen molar-refractivity contribution < 1.29 is 13.2 Å². The first-order valence-electron chi connectivity index (χ1n) is 3.06. The highest BCUT2D eigenvalue weighted by molar-refractivity contribution is 8.00. The number of rotatable bonds is 2. The van der Waals surface area contributed by atoms with Gasteiger partial charge in [0.25, 0.3) is 0 Å². The number of alkyl halides is 3. The molecule has 0 saturated heterocycles. The highest BCUT2D eigenvalue weighted by Crippen LogP contribution is 2.37. The number of hydrogen-bond donors (Lipinski definition) is 2. The van der Waals surface area contributed by atoms with Crippen molar-refractivity contribution >= 4 is 17.6 Å². The number of nitrogens with two attached hydrogens (primary N) is 1.